The number of rotatable bonds is 6. The van der Waals surface area contributed by atoms with Crippen molar-refractivity contribution in [1.29, 1.82) is 0 Å². The summed E-state index contributed by atoms with van der Waals surface area (Å²) >= 11 is 5.89. The highest BCUT2D eigenvalue weighted by Crippen LogP contribution is 2.64. The molecule has 1 aromatic carbocycles. The third kappa shape index (κ3) is 4.30. The average Bonchev–Trinajstić information content (AvgIpc) is 3.42. The van der Waals surface area contributed by atoms with Crippen LogP contribution in [0.25, 0.3) is 0 Å². The van der Waals surface area contributed by atoms with Crippen LogP contribution in [0, 0.1) is 23.0 Å². The van der Waals surface area contributed by atoms with Crippen molar-refractivity contribution in [2.75, 3.05) is 7.11 Å². The summed E-state index contributed by atoms with van der Waals surface area (Å²) in [6, 6.07) is -0.803. The third-order valence-electron chi connectivity index (χ3n) is 7.74. The summed E-state index contributed by atoms with van der Waals surface area (Å²) in [6.45, 7) is 1.37. The molecule has 2 amide bonds. The minimum absolute atomic E-state index is 0.0665. The molecule has 0 heterocycles. The van der Waals surface area contributed by atoms with Crippen LogP contribution >= 0.6 is 11.6 Å². The highest BCUT2D eigenvalue weighted by atomic mass is 35.5. The van der Waals surface area contributed by atoms with Gasteiger partial charge in [-0.15, -0.1) is 0 Å². The molecule has 10 heteroatoms. The van der Waals surface area contributed by atoms with Gasteiger partial charge < -0.3 is 20.5 Å². The first-order valence-electron chi connectivity index (χ1n) is 11.1. The molecule has 0 aromatic heterocycles. The lowest BCUT2D eigenvalue weighted by atomic mass is 9.73. The van der Waals surface area contributed by atoms with Crippen LogP contribution in [-0.4, -0.2) is 41.8 Å². The van der Waals surface area contributed by atoms with Crippen LogP contribution in [0.4, 0.5) is 13.2 Å². The van der Waals surface area contributed by atoms with Crippen molar-refractivity contribution in [1.82, 2.24) is 10.6 Å². The van der Waals surface area contributed by atoms with Gasteiger partial charge in [0.15, 0.2) is 11.6 Å². The van der Waals surface area contributed by atoms with Gasteiger partial charge in [-0.2, -0.15) is 0 Å². The van der Waals surface area contributed by atoms with Crippen LogP contribution in [0.5, 0.6) is 5.75 Å². The van der Waals surface area contributed by atoms with Gasteiger partial charge in [0.2, 0.25) is 11.8 Å². The molecule has 33 heavy (non-hydrogen) atoms. The van der Waals surface area contributed by atoms with Gasteiger partial charge in [0.1, 0.15) is 11.5 Å². The molecule has 1 aromatic rings. The Balaban J connectivity index is 1.67. The number of halogens is 4. The lowest BCUT2D eigenvalue weighted by Gasteiger charge is -2.37. The summed E-state index contributed by atoms with van der Waals surface area (Å²) < 4.78 is 50.6. The molecule has 4 rings (SSSR count). The highest BCUT2D eigenvalue weighted by Gasteiger charge is 2.60. The number of nitrogens with one attached hydrogen (secondary N) is 2. The number of fused-ring (bicyclic) bond motifs is 2. The van der Waals surface area contributed by atoms with Gasteiger partial charge in [-0.3, -0.25) is 9.59 Å². The molecule has 3 N–H and O–H groups in total. The molecule has 0 aliphatic heterocycles. The lowest BCUT2D eigenvalue weighted by molar-refractivity contribution is -0.127. The van der Waals surface area contributed by atoms with Crippen LogP contribution < -0.4 is 10.6 Å². The van der Waals surface area contributed by atoms with E-state index >= 15 is 13.2 Å². The lowest BCUT2D eigenvalue weighted by Crippen LogP contribution is -2.43. The quantitative estimate of drug-likeness (QED) is 0.526. The summed E-state index contributed by atoms with van der Waals surface area (Å²) in [4.78, 5) is 24.8. The maximum Gasteiger partial charge on any atom is 0.223 e. The molecule has 6 nitrogen and oxygen atoms in total. The number of amides is 2. The largest absolute Gasteiger partial charge is 0.505 e. The number of alkyl halides is 1. The van der Waals surface area contributed by atoms with E-state index in [1.807, 2.05) is 0 Å². The van der Waals surface area contributed by atoms with Gasteiger partial charge in [0.05, 0.1) is 28.8 Å². The van der Waals surface area contributed by atoms with Crippen LogP contribution in [-0.2, 0) is 14.3 Å². The first-order valence-corrected chi connectivity index (χ1v) is 11.5. The number of phenolic OH excluding ortho intramolecular Hbond substituents is 1. The number of hydrogen-bond donors (Lipinski definition) is 3. The summed E-state index contributed by atoms with van der Waals surface area (Å²) in [7, 11) is 1.49. The summed E-state index contributed by atoms with van der Waals surface area (Å²) in [6.07, 6.45) is 1.47. The van der Waals surface area contributed by atoms with Crippen molar-refractivity contribution in [3.05, 3.63) is 28.3 Å². The molecule has 2 bridgehead atoms. The summed E-state index contributed by atoms with van der Waals surface area (Å²) in [5.41, 5.74) is -2.86. The molecule has 0 radical (unpaired) electrons. The standard InChI is InChI=1S/C23H28ClF3N2O4/c1-11(30)28-14-7-12(8-16(14)33-2)21(32)29-20(22-3-5-23(27,10-22)6-4-22)17-18(25)13(24)9-15(31)19(17)26/h9,12,14,16,20,31H,3-8,10H2,1-2H3,(H,28,30)(H,29,32)/t12-,14+,16-,20-,22?,23?/m1/s1. The van der Waals surface area contributed by atoms with E-state index < -0.39 is 56.9 Å². The van der Waals surface area contributed by atoms with Crippen molar-refractivity contribution in [3.8, 4) is 5.75 Å². The Morgan fingerprint density at radius 2 is 1.88 bits per heavy atom. The van der Waals surface area contributed by atoms with Gasteiger partial charge in [-0.05, 0) is 50.4 Å². The first kappa shape index (κ1) is 24.1. The van der Waals surface area contributed by atoms with Crippen molar-refractivity contribution in [2.45, 2.75) is 75.7 Å². The molecule has 3 fully saturated rings. The van der Waals surface area contributed by atoms with E-state index in [2.05, 4.69) is 10.6 Å². The van der Waals surface area contributed by atoms with E-state index in [4.69, 9.17) is 16.3 Å². The van der Waals surface area contributed by atoms with Gasteiger partial charge >= 0.3 is 0 Å². The normalized spacial score (nSPS) is 33.8. The number of carbonyl (C=O) groups excluding carboxylic acids is 2. The molecule has 0 saturated heterocycles. The Morgan fingerprint density at radius 3 is 2.42 bits per heavy atom. The Kier molecular flexibility index (Phi) is 6.33. The molecule has 0 unspecified atom stereocenters. The Bertz CT molecular complexity index is 941. The highest BCUT2D eigenvalue weighted by molar-refractivity contribution is 6.31. The van der Waals surface area contributed by atoms with E-state index in [0.717, 1.165) is 6.07 Å². The summed E-state index contributed by atoms with van der Waals surface area (Å²) in [5, 5.41) is 15.0. The zero-order valence-corrected chi connectivity index (χ0v) is 19.3. The maximum atomic E-state index is 15.1. The Morgan fingerprint density at radius 1 is 1.21 bits per heavy atom. The molecule has 4 atom stereocenters. The Labute approximate surface area is 195 Å². The van der Waals surface area contributed by atoms with Gasteiger partial charge in [-0.1, -0.05) is 11.6 Å². The summed E-state index contributed by atoms with van der Waals surface area (Å²) in [5.74, 6) is -4.42. The van der Waals surface area contributed by atoms with Gasteiger partial charge in [0.25, 0.3) is 0 Å². The Hall–Kier alpha value is -2.00. The molecular formula is C23H28ClF3N2O4. The monoisotopic (exact) mass is 488 g/mol. The number of ether oxygens (including phenoxy) is 1. The number of carbonyl (C=O) groups is 2. The number of methoxy groups -OCH3 is 1. The molecular weight excluding hydrogens is 461 g/mol. The van der Waals surface area contributed by atoms with Crippen molar-refractivity contribution < 1.29 is 32.6 Å². The van der Waals surface area contributed by atoms with Crippen LogP contribution in [0.15, 0.2) is 6.07 Å². The molecule has 3 aliphatic rings. The van der Waals surface area contributed by atoms with E-state index in [9.17, 15) is 14.7 Å². The van der Waals surface area contributed by atoms with Crippen molar-refractivity contribution >= 4 is 23.4 Å². The smallest absolute Gasteiger partial charge is 0.223 e. The van der Waals surface area contributed by atoms with Crippen molar-refractivity contribution in [3.63, 3.8) is 0 Å². The number of hydrogen-bond acceptors (Lipinski definition) is 4. The zero-order chi connectivity index (χ0) is 24.1. The number of aromatic hydroxyl groups is 1. The molecule has 182 valence electrons. The number of benzene rings is 1. The molecule has 0 spiro atoms. The fourth-order valence-corrected chi connectivity index (χ4v) is 6.32. The second-order valence-corrected chi connectivity index (χ2v) is 10.2. The van der Waals surface area contributed by atoms with Crippen LogP contribution in [0.2, 0.25) is 5.02 Å². The minimum Gasteiger partial charge on any atom is -0.505 e. The van der Waals surface area contributed by atoms with E-state index in [-0.39, 0.29) is 37.3 Å². The predicted octanol–water partition coefficient (Wildman–Crippen LogP) is 4.08. The predicted molar refractivity (Wildman–Crippen MR) is 114 cm³/mol. The third-order valence-corrected chi connectivity index (χ3v) is 8.01. The van der Waals surface area contributed by atoms with Crippen molar-refractivity contribution in [2.24, 2.45) is 11.3 Å². The van der Waals surface area contributed by atoms with Crippen LogP contribution in [0.1, 0.15) is 63.5 Å². The van der Waals surface area contributed by atoms with E-state index in [1.165, 1.54) is 14.0 Å². The van der Waals surface area contributed by atoms with Gasteiger partial charge in [-0.25, -0.2) is 13.2 Å². The van der Waals surface area contributed by atoms with E-state index in [0.29, 0.717) is 25.7 Å². The topological polar surface area (TPSA) is 87.7 Å². The zero-order valence-electron chi connectivity index (χ0n) is 18.5. The van der Waals surface area contributed by atoms with Crippen LogP contribution in [0.3, 0.4) is 0 Å². The van der Waals surface area contributed by atoms with E-state index in [1.54, 1.807) is 0 Å². The fourth-order valence-electron chi connectivity index (χ4n) is 6.11. The fraction of sp³-hybridized carbons (Fsp3) is 0.652. The minimum atomic E-state index is -1.43. The first-order chi connectivity index (χ1) is 15.5. The van der Waals surface area contributed by atoms with Gasteiger partial charge in [0, 0.05) is 26.0 Å². The molecule has 3 aliphatic carbocycles. The SMILES string of the molecule is CO[C@@H]1C[C@H](C(=O)N[C@H](c2c(F)c(O)cc(Cl)c2F)C23CCC(F)(CC2)C3)C[C@@H]1NC(C)=O. The molecule has 3 saturated carbocycles. The average molecular weight is 489 g/mol. The number of phenols is 1. The second kappa shape index (κ2) is 8.65. The second-order valence-electron chi connectivity index (χ2n) is 9.80. The maximum absolute atomic E-state index is 15.1.